The van der Waals surface area contributed by atoms with Crippen LogP contribution in [0.2, 0.25) is 0 Å². The van der Waals surface area contributed by atoms with Crippen molar-refractivity contribution < 1.29 is 9.90 Å². The smallest absolute Gasteiger partial charge is 0.307 e. The lowest BCUT2D eigenvalue weighted by atomic mass is 10.0. The predicted molar refractivity (Wildman–Crippen MR) is 63.0 cm³/mol. The third-order valence-corrected chi connectivity index (χ3v) is 2.90. The summed E-state index contributed by atoms with van der Waals surface area (Å²) in [7, 11) is 2.00. The van der Waals surface area contributed by atoms with Gasteiger partial charge in [0.1, 0.15) is 0 Å². The average molecular weight is 215 g/mol. The quantitative estimate of drug-likeness (QED) is 0.709. The zero-order chi connectivity index (χ0) is 12.0. The van der Waals surface area contributed by atoms with E-state index in [1.807, 2.05) is 7.05 Å². The fourth-order valence-corrected chi connectivity index (χ4v) is 1.48. The van der Waals surface area contributed by atoms with Crippen LogP contribution in [-0.2, 0) is 4.79 Å². The third kappa shape index (κ3) is 6.50. The number of nitrogens with zero attached hydrogens (tertiary/aromatic N) is 1. The van der Waals surface area contributed by atoms with Crippen LogP contribution in [0.5, 0.6) is 0 Å². The molecule has 0 saturated carbocycles. The molecule has 90 valence electrons. The van der Waals surface area contributed by atoms with Crippen LogP contribution in [0.3, 0.4) is 0 Å². The number of carbonyl (C=O) groups is 1. The summed E-state index contributed by atoms with van der Waals surface area (Å²) >= 11 is 0. The van der Waals surface area contributed by atoms with E-state index in [1.54, 1.807) is 6.92 Å². The van der Waals surface area contributed by atoms with E-state index in [2.05, 4.69) is 25.7 Å². The minimum Gasteiger partial charge on any atom is -0.481 e. The monoisotopic (exact) mass is 215 g/mol. The van der Waals surface area contributed by atoms with Gasteiger partial charge >= 0.3 is 5.97 Å². The van der Waals surface area contributed by atoms with Crippen LogP contribution in [0.1, 0.15) is 40.5 Å². The van der Waals surface area contributed by atoms with E-state index in [4.69, 9.17) is 5.11 Å². The van der Waals surface area contributed by atoms with Gasteiger partial charge in [-0.2, -0.15) is 0 Å². The lowest BCUT2D eigenvalue weighted by Gasteiger charge is -2.26. The van der Waals surface area contributed by atoms with Crippen molar-refractivity contribution in [3.05, 3.63) is 0 Å². The molecule has 0 aromatic carbocycles. The van der Waals surface area contributed by atoms with E-state index in [1.165, 1.54) is 6.42 Å². The molecule has 0 aromatic rings. The number of hydrogen-bond acceptors (Lipinski definition) is 2. The number of carboxylic acid groups (broad SMARTS) is 1. The first-order chi connectivity index (χ1) is 6.84. The molecule has 0 spiro atoms. The Hall–Kier alpha value is -0.570. The van der Waals surface area contributed by atoms with E-state index in [0.717, 1.165) is 12.3 Å². The van der Waals surface area contributed by atoms with Crippen LogP contribution in [0.15, 0.2) is 0 Å². The molecule has 0 aliphatic carbocycles. The molecule has 15 heavy (non-hydrogen) atoms. The Morgan fingerprint density at radius 3 is 2.13 bits per heavy atom. The molecule has 0 aliphatic heterocycles. The molecule has 0 bridgehead atoms. The Kier molecular flexibility index (Phi) is 6.57. The summed E-state index contributed by atoms with van der Waals surface area (Å²) in [6.45, 7) is 8.98. The summed E-state index contributed by atoms with van der Waals surface area (Å²) < 4.78 is 0. The molecule has 0 aromatic heterocycles. The Morgan fingerprint density at radius 2 is 1.73 bits per heavy atom. The first-order valence-electron chi connectivity index (χ1n) is 5.77. The minimum atomic E-state index is -0.710. The number of hydrogen-bond donors (Lipinski definition) is 1. The fourth-order valence-electron chi connectivity index (χ4n) is 1.48. The summed E-state index contributed by atoms with van der Waals surface area (Å²) in [5.41, 5.74) is 0. The standard InChI is InChI=1S/C12H25NO2/c1-9(2)6-7-11(4)13(5)8-10(3)12(14)15/h9-11H,6-8H2,1-5H3,(H,14,15). The Bertz CT molecular complexity index is 192. The largest absolute Gasteiger partial charge is 0.481 e. The van der Waals surface area contributed by atoms with Crippen molar-refractivity contribution in [3.63, 3.8) is 0 Å². The Morgan fingerprint density at radius 1 is 1.20 bits per heavy atom. The van der Waals surface area contributed by atoms with Gasteiger partial charge in [0.05, 0.1) is 5.92 Å². The van der Waals surface area contributed by atoms with Gasteiger partial charge in [0.2, 0.25) is 0 Å². The highest BCUT2D eigenvalue weighted by Gasteiger charge is 2.17. The molecule has 0 heterocycles. The normalized spacial score (nSPS) is 15.7. The van der Waals surface area contributed by atoms with Crippen molar-refractivity contribution in [2.75, 3.05) is 13.6 Å². The van der Waals surface area contributed by atoms with Crippen LogP contribution in [0.4, 0.5) is 0 Å². The summed E-state index contributed by atoms with van der Waals surface area (Å²) in [4.78, 5) is 12.8. The summed E-state index contributed by atoms with van der Waals surface area (Å²) in [5.74, 6) is -0.271. The molecule has 1 N–H and O–H groups in total. The molecule has 0 fully saturated rings. The van der Waals surface area contributed by atoms with E-state index in [9.17, 15) is 4.79 Å². The topological polar surface area (TPSA) is 40.5 Å². The second kappa shape index (κ2) is 6.83. The average Bonchev–Trinajstić information content (AvgIpc) is 2.13. The lowest BCUT2D eigenvalue weighted by molar-refractivity contribution is -0.141. The van der Waals surface area contributed by atoms with Gasteiger partial charge in [-0.05, 0) is 32.7 Å². The molecular formula is C12H25NO2. The summed E-state index contributed by atoms with van der Waals surface area (Å²) in [6.07, 6.45) is 2.34. The second-order valence-electron chi connectivity index (χ2n) is 5.00. The van der Waals surface area contributed by atoms with Crippen LogP contribution in [-0.4, -0.2) is 35.6 Å². The van der Waals surface area contributed by atoms with E-state index in [-0.39, 0.29) is 5.92 Å². The van der Waals surface area contributed by atoms with E-state index in [0.29, 0.717) is 12.6 Å². The van der Waals surface area contributed by atoms with Gasteiger partial charge in [-0.3, -0.25) is 4.79 Å². The highest BCUT2D eigenvalue weighted by molar-refractivity contribution is 5.69. The van der Waals surface area contributed by atoms with Gasteiger partial charge in [0.25, 0.3) is 0 Å². The molecule has 0 amide bonds. The number of carboxylic acids is 1. The molecule has 2 unspecified atom stereocenters. The predicted octanol–water partition coefficient (Wildman–Crippen LogP) is 2.46. The van der Waals surface area contributed by atoms with Crippen molar-refractivity contribution in [2.45, 2.75) is 46.6 Å². The molecule has 0 rings (SSSR count). The van der Waals surface area contributed by atoms with Crippen LogP contribution in [0, 0.1) is 11.8 Å². The van der Waals surface area contributed by atoms with Gasteiger partial charge in [0, 0.05) is 12.6 Å². The molecule has 0 saturated heterocycles. The highest BCUT2D eigenvalue weighted by Crippen LogP contribution is 2.12. The maximum absolute atomic E-state index is 10.7. The first kappa shape index (κ1) is 14.4. The SMILES string of the molecule is CC(C)CCC(C)N(C)CC(C)C(=O)O. The number of rotatable bonds is 7. The summed E-state index contributed by atoms with van der Waals surface area (Å²) in [6, 6.07) is 0.467. The van der Waals surface area contributed by atoms with Gasteiger partial charge < -0.3 is 10.0 Å². The summed E-state index contributed by atoms with van der Waals surface area (Å²) in [5, 5.41) is 8.80. The number of aliphatic carboxylic acids is 1. The second-order valence-corrected chi connectivity index (χ2v) is 5.00. The molecule has 3 heteroatoms. The maximum atomic E-state index is 10.7. The van der Waals surface area contributed by atoms with Crippen molar-refractivity contribution in [1.29, 1.82) is 0 Å². The first-order valence-corrected chi connectivity index (χ1v) is 5.77. The highest BCUT2D eigenvalue weighted by atomic mass is 16.4. The van der Waals surface area contributed by atoms with E-state index < -0.39 is 5.97 Å². The van der Waals surface area contributed by atoms with Crippen molar-refractivity contribution >= 4 is 5.97 Å². The zero-order valence-electron chi connectivity index (χ0n) is 10.7. The molecule has 0 aliphatic rings. The maximum Gasteiger partial charge on any atom is 0.307 e. The fraction of sp³-hybridized carbons (Fsp3) is 0.917. The molecular weight excluding hydrogens is 190 g/mol. The van der Waals surface area contributed by atoms with Crippen LogP contribution >= 0.6 is 0 Å². The van der Waals surface area contributed by atoms with Crippen molar-refractivity contribution in [1.82, 2.24) is 4.90 Å². The molecule has 3 nitrogen and oxygen atoms in total. The van der Waals surface area contributed by atoms with Gasteiger partial charge in [-0.1, -0.05) is 20.8 Å². The third-order valence-electron chi connectivity index (χ3n) is 2.90. The minimum absolute atomic E-state index is 0.281. The Labute approximate surface area is 93.5 Å². The Balaban J connectivity index is 3.87. The van der Waals surface area contributed by atoms with Crippen molar-refractivity contribution in [3.8, 4) is 0 Å². The van der Waals surface area contributed by atoms with Gasteiger partial charge in [0.15, 0.2) is 0 Å². The molecule has 2 atom stereocenters. The van der Waals surface area contributed by atoms with E-state index >= 15 is 0 Å². The van der Waals surface area contributed by atoms with Gasteiger partial charge in [-0.15, -0.1) is 0 Å². The molecule has 0 radical (unpaired) electrons. The van der Waals surface area contributed by atoms with Crippen molar-refractivity contribution in [2.24, 2.45) is 11.8 Å². The zero-order valence-corrected chi connectivity index (χ0v) is 10.7. The lowest BCUT2D eigenvalue weighted by Crippen LogP contribution is -2.35. The van der Waals surface area contributed by atoms with Crippen LogP contribution in [0.25, 0.3) is 0 Å². The van der Waals surface area contributed by atoms with Crippen LogP contribution < -0.4 is 0 Å². The van der Waals surface area contributed by atoms with Gasteiger partial charge in [-0.25, -0.2) is 0 Å².